The van der Waals surface area contributed by atoms with E-state index in [9.17, 15) is 9.18 Å². The molecular formula is C20H20BrFN4O2S. The van der Waals surface area contributed by atoms with E-state index in [1.165, 1.54) is 23.9 Å². The number of methoxy groups -OCH3 is 1. The minimum absolute atomic E-state index is 0.136. The highest BCUT2D eigenvalue weighted by atomic mass is 79.9. The van der Waals surface area contributed by atoms with Crippen LogP contribution in [0.15, 0.2) is 58.2 Å². The van der Waals surface area contributed by atoms with E-state index in [2.05, 4.69) is 31.4 Å². The third-order valence-corrected chi connectivity index (χ3v) is 5.68. The van der Waals surface area contributed by atoms with Crippen molar-refractivity contribution in [3.05, 3.63) is 58.8 Å². The first kappa shape index (κ1) is 21.5. The molecule has 1 aromatic heterocycles. The van der Waals surface area contributed by atoms with Gasteiger partial charge < -0.3 is 10.1 Å². The lowest BCUT2D eigenvalue weighted by Crippen LogP contribution is -2.23. The van der Waals surface area contributed by atoms with Crippen molar-refractivity contribution in [1.29, 1.82) is 0 Å². The number of halogens is 2. The number of benzene rings is 2. The van der Waals surface area contributed by atoms with E-state index in [1.807, 2.05) is 34.9 Å². The number of nitrogens with zero attached hydrogens (tertiary/aromatic N) is 3. The average Bonchev–Trinajstić information content (AvgIpc) is 3.11. The standard InChI is InChI=1S/C20H20BrFN4O2S/c1-13(19(27)23-17-9-8-15(21)12-16(17)22)29-20-25-24-18(26(20)10-11-28-2)14-6-4-3-5-7-14/h3-9,12-13H,10-11H2,1-2H3,(H,23,27). The number of amides is 1. The van der Waals surface area contributed by atoms with Crippen LogP contribution in [0, 0.1) is 5.82 Å². The van der Waals surface area contributed by atoms with Crippen molar-refractivity contribution in [2.45, 2.75) is 23.9 Å². The maximum atomic E-state index is 14.0. The first-order chi connectivity index (χ1) is 14.0. The molecule has 3 aromatic rings. The van der Waals surface area contributed by atoms with E-state index >= 15 is 0 Å². The lowest BCUT2D eigenvalue weighted by atomic mass is 10.2. The molecule has 0 spiro atoms. The Morgan fingerprint density at radius 2 is 2.03 bits per heavy atom. The van der Waals surface area contributed by atoms with Gasteiger partial charge in [0.05, 0.1) is 24.1 Å². The van der Waals surface area contributed by atoms with Crippen molar-refractivity contribution in [2.24, 2.45) is 0 Å². The summed E-state index contributed by atoms with van der Waals surface area (Å²) in [6, 6.07) is 14.2. The maximum Gasteiger partial charge on any atom is 0.237 e. The van der Waals surface area contributed by atoms with Crippen molar-refractivity contribution in [2.75, 3.05) is 19.0 Å². The fourth-order valence-electron chi connectivity index (χ4n) is 2.60. The summed E-state index contributed by atoms with van der Waals surface area (Å²) in [6.07, 6.45) is 0. The Hall–Kier alpha value is -2.23. The van der Waals surface area contributed by atoms with Gasteiger partial charge in [0.1, 0.15) is 5.82 Å². The van der Waals surface area contributed by atoms with Gasteiger partial charge in [0.15, 0.2) is 11.0 Å². The molecule has 6 nitrogen and oxygen atoms in total. The number of carbonyl (C=O) groups is 1. The maximum absolute atomic E-state index is 14.0. The third-order valence-electron chi connectivity index (χ3n) is 4.11. The normalized spacial score (nSPS) is 12.0. The Bertz CT molecular complexity index is 984. The van der Waals surface area contributed by atoms with Crippen LogP contribution in [0.4, 0.5) is 10.1 Å². The molecule has 0 aliphatic heterocycles. The van der Waals surface area contributed by atoms with Crippen LogP contribution in [-0.4, -0.2) is 39.6 Å². The number of rotatable bonds is 8. The van der Waals surface area contributed by atoms with Gasteiger partial charge in [0.2, 0.25) is 5.91 Å². The van der Waals surface area contributed by atoms with Crippen LogP contribution in [0.5, 0.6) is 0 Å². The number of anilines is 1. The van der Waals surface area contributed by atoms with Crippen LogP contribution in [0.3, 0.4) is 0 Å². The van der Waals surface area contributed by atoms with Crippen molar-refractivity contribution >= 4 is 39.3 Å². The molecule has 0 radical (unpaired) electrons. The summed E-state index contributed by atoms with van der Waals surface area (Å²) in [5.74, 6) is -0.116. The highest BCUT2D eigenvalue weighted by molar-refractivity contribution is 9.10. The molecule has 2 aromatic carbocycles. The molecule has 0 bridgehead atoms. The highest BCUT2D eigenvalue weighted by Crippen LogP contribution is 2.28. The molecule has 0 saturated carbocycles. The molecule has 0 aliphatic carbocycles. The van der Waals surface area contributed by atoms with Gasteiger partial charge in [-0.15, -0.1) is 10.2 Å². The van der Waals surface area contributed by atoms with Crippen molar-refractivity contribution < 1.29 is 13.9 Å². The Kier molecular flexibility index (Phi) is 7.40. The quantitative estimate of drug-likeness (QED) is 0.478. The molecule has 1 atom stereocenters. The number of thioether (sulfide) groups is 1. The molecule has 9 heteroatoms. The summed E-state index contributed by atoms with van der Waals surface area (Å²) in [7, 11) is 1.63. The predicted octanol–water partition coefficient (Wildman–Crippen LogP) is 4.61. The molecule has 0 fully saturated rings. The molecule has 152 valence electrons. The Labute approximate surface area is 181 Å². The molecular weight excluding hydrogens is 459 g/mol. The minimum atomic E-state index is -0.507. The van der Waals surface area contributed by atoms with Gasteiger partial charge in [0, 0.05) is 17.1 Å². The molecule has 1 heterocycles. The van der Waals surface area contributed by atoms with Crippen LogP contribution < -0.4 is 5.32 Å². The summed E-state index contributed by atoms with van der Waals surface area (Å²) < 4.78 is 21.7. The van der Waals surface area contributed by atoms with Crippen LogP contribution in [-0.2, 0) is 16.1 Å². The summed E-state index contributed by atoms with van der Waals surface area (Å²) in [5, 5.41) is 11.3. The fraction of sp³-hybridized carbons (Fsp3) is 0.250. The lowest BCUT2D eigenvalue weighted by molar-refractivity contribution is -0.115. The van der Waals surface area contributed by atoms with Crippen LogP contribution >= 0.6 is 27.7 Å². The summed E-state index contributed by atoms with van der Waals surface area (Å²) in [5.41, 5.74) is 1.06. The van der Waals surface area contributed by atoms with E-state index in [0.29, 0.717) is 28.6 Å². The minimum Gasteiger partial charge on any atom is -0.383 e. The number of hydrogen-bond donors (Lipinski definition) is 1. The van der Waals surface area contributed by atoms with Crippen LogP contribution in [0.2, 0.25) is 0 Å². The van der Waals surface area contributed by atoms with E-state index in [-0.39, 0.29) is 11.6 Å². The Morgan fingerprint density at radius 1 is 1.28 bits per heavy atom. The zero-order chi connectivity index (χ0) is 20.8. The monoisotopic (exact) mass is 478 g/mol. The van der Waals surface area contributed by atoms with Gasteiger partial charge >= 0.3 is 0 Å². The second-order valence-corrected chi connectivity index (χ2v) is 8.41. The first-order valence-corrected chi connectivity index (χ1v) is 10.6. The lowest BCUT2D eigenvalue weighted by Gasteiger charge is -2.14. The number of ether oxygens (including phenoxy) is 1. The molecule has 0 saturated heterocycles. The van der Waals surface area contributed by atoms with Gasteiger partial charge in [-0.05, 0) is 25.1 Å². The SMILES string of the molecule is COCCn1c(SC(C)C(=O)Nc2ccc(Br)cc2F)nnc1-c1ccccc1. The Balaban J connectivity index is 1.77. The summed E-state index contributed by atoms with van der Waals surface area (Å²) in [6.45, 7) is 2.77. The van der Waals surface area contributed by atoms with Gasteiger partial charge in [-0.25, -0.2) is 4.39 Å². The molecule has 1 amide bonds. The molecule has 29 heavy (non-hydrogen) atoms. The van der Waals surface area contributed by atoms with E-state index in [1.54, 1.807) is 20.1 Å². The second kappa shape index (κ2) is 10.00. The molecule has 1 N–H and O–H groups in total. The highest BCUT2D eigenvalue weighted by Gasteiger charge is 2.21. The van der Waals surface area contributed by atoms with Crippen molar-refractivity contribution in [3.63, 3.8) is 0 Å². The van der Waals surface area contributed by atoms with Gasteiger partial charge in [-0.3, -0.25) is 9.36 Å². The average molecular weight is 479 g/mol. The van der Waals surface area contributed by atoms with Crippen LogP contribution in [0.25, 0.3) is 11.4 Å². The molecule has 3 rings (SSSR count). The smallest absolute Gasteiger partial charge is 0.237 e. The van der Waals surface area contributed by atoms with Crippen molar-refractivity contribution in [3.8, 4) is 11.4 Å². The van der Waals surface area contributed by atoms with Gasteiger partial charge in [-0.1, -0.05) is 58.0 Å². The predicted molar refractivity (Wildman–Crippen MR) is 115 cm³/mol. The van der Waals surface area contributed by atoms with E-state index in [4.69, 9.17) is 4.74 Å². The van der Waals surface area contributed by atoms with E-state index in [0.717, 1.165) is 5.56 Å². The second-order valence-electron chi connectivity index (χ2n) is 6.19. The summed E-state index contributed by atoms with van der Waals surface area (Å²) >= 11 is 4.46. The van der Waals surface area contributed by atoms with Gasteiger partial charge in [-0.2, -0.15) is 0 Å². The molecule has 0 aliphatic rings. The van der Waals surface area contributed by atoms with Gasteiger partial charge in [0.25, 0.3) is 0 Å². The number of hydrogen-bond acceptors (Lipinski definition) is 5. The number of carbonyl (C=O) groups excluding carboxylic acids is 1. The third kappa shape index (κ3) is 5.43. The zero-order valence-corrected chi connectivity index (χ0v) is 18.3. The first-order valence-electron chi connectivity index (χ1n) is 8.89. The Morgan fingerprint density at radius 3 is 2.72 bits per heavy atom. The summed E-state index contributed by atoms with van der Waals surface area (Å²) in [4.78, 5) is 12.6. The van der Waals surface area contributed by atoms with E-state index < -0.39 is 11.1 Å². The zero-order valence-electron chi connectivity index (χ0n) is 15.9. The topological polar surface area (TPSA) is 69.0 Å². The molecule has 1 unspecified atom stereocenters. The largest absolute Gasteiger partial charge is 0.383 e. The number of aromatic nitrogens is 3. The van der Waals surface area contributed by atoms with Crippen molar-refractivity contribution in [1.82, 2.24) is 14.8 Å². The number of nitrogens with one attached hydrogen (secondary N) is 1. The van der Waals surface area contributed by atoms with Crippen LogP contribution in [0.1, 0.15) is 6.92 Å². The fourth-order valence-corrected chi connectivity index (χ4v) is 3.81.